The fourth-order valence-corrected chi connectivity index (χ4v) is 5.79. The number of aromatic nitrogens is 4. The summed E-state index contributed by atoms with van der Waals surface area (Å²) in [5.41, 5.74) is 3.84. The van der Waals surface area contributed by atoms with Gasteiger partial charge in [0.2, 0.25) is 0 Å². The van der Waals surface area contributed by atoms with Gasteiger partial charge in [-0.15, -0.1) is 0 Å². The molecule has 0 spiro atoms. The Morgan fingerprint density at radius 2 is 1.94 bits per heavy atom. The van der Waals surface area contributed by atoms with Crippen molar-refractivity contribution in [3.8, 4) is 0 Å². The van der Waals surface area contributed by atoms with Crippen LogP contribution in [-0.4, -0.2) is 44.5 Å². The molecule has 0 unspecified atom stereocenters. The standard InChI is InChI=1S/C26H30ClN5O3/c1-15-7-8-20-21(31(15)26(34)35-3)9-10-22-25(20)30-24(12-23-28-13-18(27)14-29-23)32(22)19-6-4-5-17(11-19)16(2)33/h9-10,13-15,17,19H,4-8,11-12H2,1-3H3/t15-,17+,19+/m0/s1. The maximum Gasteiger partial charge on any atom is 0.414 e. The average molecular weight is 496 g/mol. The van der Waals surface area contributed by atoms with Gasteiger partial charge in [0.05, 0.1) is 35.3 Å². The Morgan fingerprint density at radius 1 is 1.17 bits per heavy atom. The van der Waals surface area contributed by atoms with Crippen LogP contribution in [-0.2, 0) is 22.4 Å². The van der Waals surface area contributed by atoms with Gasteiger partial charge in [0.25, 0.3) is 0 Å². The van der Waals surface area contributed by atoms with E-state index >= 15 is 0 Å². The van der Waals surface area contributed by atoms with Crippen LogP contribution >= 0.6 is 11.6 Å². The minimum absolute atomic E-state index is 0.0473. The lowest BCUT2D eigenvalue weighted by molar-refractivity contribution is -0.122. The van der Waals surface area contributed by atoms with Crippen LogP contribution in [0.3, 0.4) is 0 Å². The molecule has 1 aliphatic heterocycles. The second-order valence-corrected chi connectivity index (χ2v) is 10.1. The Bertz CT molecular complexity index is 1270. The van der Waals surface area contributed by atoms with Gasteiger partial charge >= 0.3 is 6.09 Å². The molecule has 0 bridgehead atoms. The molecule has 1 fully saturated rings. The maximum absolute atomic E-state index is 12.6. The summed E-state index contributed by atoms with van der Waals surface area (Å²) in [5.74, 6) is 1.83. The third-order valence-corrected chi connectivity index (χ3v) is 7.67. The van der Waals surface area contributed by atoms with Crippen molar-refractivity contribution < 1.29 is 14.3 Å². The number of hydrogen-bond acceptors (Lipinski definition) is 6. The van der Waals surface area contributed by atoms with Crippen LogP contribution in [0.1, 0.15) is 69.2 Å². The number of carbonyl (C=O) groups excluding carboxylic acids is 2. The molecule has 0 saturated heterocycles. The third-order valence-electron chi connectivity index (χ3n) is 7.48. The Hall–Kier alpha value is -3.00. The van der Waals surface area contributed by atoms with E-state index in [2.05, 4.69) is 20.6 Å². The molecular formula is C26H30ClN5O3. The summed E-state index contributed by atoms with van der Waals surface area (Å²) in [7, 11) is 1.41. The monoisotopic (exact) mass is 495 g/mol. The summed E-state index contributed by atoms with van der Waals surface area (Å²) in [4.78, 5) is 40.5. The lowest BCUT2D eigenvalue weighted by Gasteiger charge is -2.34. The van der Waals surface area contributed by atoms with Crippen LogP contribution in [0.4, 0.5) is 10.5 Å². The van der Waals surface area contributed by atoms with Crippen LogP contribution in [0.5, 0.6) is 0 Å². The predicted molar refractivity (Wildman–Crippen MR) is 134 cm³/mol. The Kier molecular flexibility index (Phi) is 6.49. The molecule has 1 aliphatic carbocycles. The first-order valence-electron chi connectivity index (χ1n) is 12.2. The zero-order valence-electron chi connectivity index (χ0n) is 20.3. The minimum atomic E-state index is -0.358. The van der Waals surface area contributed by atoms with Gasteiger partial charge in [-0.05, 0) is 58.1 Å². The van der Waals surface area contributed by atoms with Gasteiger partial charge in [-0.1, -0.05) is 18.0 Å². The van der Waals surface area contributed by atoms with Crippen LogP contribution in [0.15, 0.2) is 24.5 Å². The number of fused-ring (bicyclic) bond motifs is 3. The van der Waals surface area contributed by atoms with Crippen molar-refractivity contribution in [3.63, 3.8) is 0 Å². The summed E-state index contributed by atoms with van der Waals surface area (Å²) < 4.78 is 7.37. The van der Waals surface area contributed by atoms with Crippen LogP contribution in [0.2, 0.25) is 5.02 Å². The van der Waals surface area contributed by atoms with E-state index in [9.17, 15) is 9.59 Å². The maximum atomic E-state index is 12.6. The number of hydrogen-bond donors (Lipinski definition) is 0. The summed E-state index contributed by atoms with van der Waals surface area (Å²) in [6, 6.07) is 4.28. The number of rotatable bonds is 4. The molecular weight excluding hydrogens is 466 g/mol. The van der Waals surface area contributed by atoms with E-state index < -0.39 is 0 Å². The third kappa shape index (κ3) is 4.40. The summed E-state index contributed by atoms with van der Waals surface area (Å²) in [6.45, 7) is 3.73. The number of halogens is 1. The van der Waals surface area contributed by atoms with E-state index in [1.165, 1.54) is 7.11 Å². The molecule has 2 aliphatic rings. The number of Topliss-reactive ketones (excluding diaryl/α,β-unsaturated/α-hetero) is 1. The van der Waals surface area contributed by atoms with Crippen molar-refractivity contribution in [2.45, 2.75) is 70.9 Å². The van der Waals surface area contributed by atoms with E-state index in [0.717, 1.165) is 66.6 Å². The average Bonchev–Trinajstić information content (AvgIpc) is 3.23. The number of nitrogens with zero attached hydrogens (tertiary/aromatic N) is 5. The molecule has 3 atom stereocenters. The summed E-state index contributed by atoms with van der Waals surface area (Å²) >= 11 is 6.00. The van der Waals surface area contributed by atoms with Gasteiger partial charge in [-0.3, -0.25) is 9.69 Å². The van der Waals surface area contributed by atoms with Crippen molar-refractivity contribution in [1.82, 2.24) is 19.5 Å². The largest absolute Gasteiger partial charge is 0.452 e. The van der Waals surface area contributed by atoms with E-state index in [4.69, 9.17) is 21.3 Å². The molecule has 8 nitrogen and oxygen atoms in total. The van der Waals surface area contributed by atoms with Gasteiger partial charge in [0, 0.05) is 36.0 Å². The van der Waals surface area contributed by atoms with Crippen molar-refractivity contribution in [2.24, 2.45) is 5.92 Å². The number of anilines is 1. The number of methoxy groups -OCH3 is 1. The predicted octanol–water partition coefficient (Wildman–Crippen LogP) is 5.30. The molecule has 3 heterocycles. The highest BCUT2D eigenvalue weighted by Gasteiger charge is 2.33. The topological polar surface area (TPSA) is 90.2 Å². The van der Waals surface area contributed by atoms with E-state index in [-0.39, 0.29) is 29.9 Å². The van der Waals surface area contributed by atoms with E-state index in [1.54, 1.807) is 24.2 Å². The van der Waals surface area contributed by atoms with E-state index in [0.29, 0.717) is 17.3 Å². The van der Waals surface area contributed by atoms with Crippen molar-refractivity contribution in [3.05, 3.63) is 46.8 Å². The van der Waals surface area contributed by atoms with Gasteiger partial charge in [0.15, 0.2) is 0 Å². The first-order chi connectivity index (χ1) is 16.9. The number of aryl methyl sites for hydroxylation is 1. The van der Waals surface area contributed by atoms with Crippen LogP contribution in [0, 0.1) is 5.92 Å². The van der Waals surface area contributed by atoms with Crippen molar-refractivity contribution in [1.29, 1.82) is 0 Å². The first-order valence-corrected chi connectivity index (χ1v) is 12.6. The molecule has 1 saturated carbocycles. The lowest BCUT2D eigenvalue weighted by Crippen LogP contribution is -2.42. The summed E-state index contributed by atoms with van der Waals surface area (Å²) in [5, 5.41) is 0.491. The second-order valence-electron chi connectivity index (χ2n) is 9.68. The molecule has 2 aromatic heterocycles. The second kappa shape index (κ2) is 9.57. The lowest BCUT2D eigenvalue weighted by atomic mass is 9.83. The molecule has 1 aromatic carbocycles. The van der Waals surface area contributed by atoms with Crippen LogP contribution < -0.4 is 4.90 Å². The molecule has 9 heteroatoms. The SMILES string of the molecule is COC(=O)N1c2ccc3c(nc(Cc4ncc(Cl)cn4)n3[C@@H]3CCC[C@@H](C(C)=O)C3)c2CC[C@@H]1C. The number of ether oxygens (including phenoxy) is 1. The Morgan fingerprint density at radius 3 is 2.66 bits per heavy atom. The summed E-state index contributed by atoms with van der Waals surface area (Å²) in [6.07, 6.45) is 8.70. The van der Waals surface area contributed by atoms with Crippen molar-refractivity contribution >= 4 is 40.2 Å². The number of ketones is 1. The molecule has 3 aromatic rings. The minimum Gasteiger partial charge on any atom is -0.452 e. The normalized spacial score (nSPS) is 22.2. The van der Waals surface area contributed by atoms with Gasteiger partial charge in [0.1, 0.15) is 17.4 Å². The van der Waals surface area contributed by atoms with Crippen molar-refractivity contribution in [2.75, 3.05) is 12.0 Å². The zero-order chi connectivity index (χ0) is 24.7. The molecule has 1 amide bonds. The van der Waals surface area contributed by atoms with E-state index in [1.807, 2.05) is 13.0 Å². The number of amides is 1. The number of imidazole rings is 1. The number of benzene rings is 1. The fourth-order valence-electron chi connectivity index (χ4n) is 5.69. The Labute approximate surface area is 209 Å². The molecule has 184 valence electrons. The van der Waals surface area contributed by atoms with Crippen LogP contribution in [0.25, 0.3) is 11.0 Å². The molecule has 5 rings (SSSR count). The first kappa shape index (κ1) is 23.7. The smallest absolute Gasteiger partial charge is 0.414 e. The molecule has 0 N–H and O–H groups in total. The highest BCUT2D eigenvalue weighted by molar-refractivity contribution is 6.30. The fraction of sp³-hybridized carbons (Fsp3) is 0.500. The number of carbonyl (C=O) groups is 2. The zero-order valence-corrected chi connectivity index (χ0v) is 21.1. The van der Waals surface area contributed by atoms with Gasteiger partial charge in [-0.2, -0.15) is 0 Å². The van der Waals surface area contributed by atoms with Gasteiger partial charge < -0.3 is 9.30 Å². The Balaban J connectivity index is 1.65. The van der Waals surface area contributed by atoms with Gasteiger partial charge in [-0.25, -0.2) is 19.7 Å². The highest BCUT2D eigenvalue weighted by Crippen LogP contribution is 2.40. The molecule has 35 heavy (non-hydrogen) atoms. The quantitative estimate of drug-likeness (QED) is 0.488. The molecule has 0 radical (unpaired) electrons. The highest BCUT2D eigenvalue weighted by atomic mass is 35.5.